The van der Waals surface area contributed by atoms with Crippen molar-refractivity contribution in [2.75, 3.05) is 31.6 Å². The van der Waals surface area contributed by atoms with Crippen LogP contribution in [0.2, 0.25) is 0 Å². The number of hydrogen-bond donors (Lipinski definition) is 0. The molecule has 4 rings (SSSR count). The Balaban J connectivity index is 1.72. The number of likely N-dealkylation sites (tertiary alicyclic amines) is 1. The average Bonchev–Trinajstić information content (AvgIpc) is 2.82. The maximum Gasteiger partial charge on any atom is 0.206 e. The number of aryl methyl sites for hydroxylation is 1. The molecule has 0 radical (unpaired) electrons. The quantitative estimate of drug-likeness (QED) is 0.806. The van der Waals surface area contributed by atoms with E-state index in [0.717, 1.165) is 38.0 Å². The van der Waals surface area contributed by atoms with Crippen LogP contribution in [0.15, 0.2) is 52.3 Å². The SMILES string of the molecule is CCN1CCC2[C@H](CC1)c1cc(S(=O)(=O)c3ccc(C)cc3)ccc1N2C. The van der Waals surface area contributed by atoms with Crippen LogP contribution in [-0.2, 0) is 9.84 Å². The molecule has 27 heavy (non-hydrogen) atoms. The highest BCUT2D eigenvalue weighted by Crippen LogP contribution is 2.45. The number of sulfone groups is 1. The first-order valence-electron chi connectivity index (χ1n) is 9.82. The molecule has 1 fully saturated rings. The molecule has 0 saturated carbocycles. The molecule has 2 aliphatic heterocycles. The van der Waals surface area contributed by atoms with E-state index in [1.165, 1.54) is 11.3 Å². The highest BCUT2D eigenvalue weighted by atomic mass is 32.2. The van der Waals surface area contributed by atoms with E-state index in [4.69, 9.17) is 0 Å². The van der Waals surface area contributed by atoms with Gasteiger partial charge in [0.2, 0.25) is 9.84 Å². The van der Waals surface area contributed by atoms with E-state index in [0.29, 0.717) is 21.8 Å². The predicted octanol–water partition coefficient (Wildman–Crippen LogP) is 3.85. The fourth-order valence-electron chi connectivity index (χ4n) is 4.63. The van der Waals surface area contributed by atoms with Crippen LogP contribution < -0.4 is 4.90 Å². The van der Waals surface area contributed by atoms with Crippen molar-refractivity contribution in [3.05, 3.63) is 53.6 Å². The van der Waals surface area contributed by atoms with Crippen molar-refractivity contribution in [2.45, 2.75) is 48.4 Å². The molecular formula is C22H28N2O2S. The normalized spacial score (nSPS) is 23.0. The molecule has 0 aromatic heterocycles. The average molecular weight is 385 g/mol. The van der Waals surface area contributed by atoms with Gasteiger partial charge in [0.25, 0.3) is 0 Å². The van der Waals surface area contributed by atoms with Crippen LogP contribution in [0, 0.1) is 6.92 Å². The number of fused-ring (bicyclic) bond motifs is 3. The Kier molecular flexibility index (Phi) is 4.77. The second kappa shape index (κ2) is 6.95. The zero-order valence-electron chi connectivity index (χ0n) is 16.4. The van der Waals surface area contributed by atoms with E-state index in [1.807, 2.05) is 31.2 Å². The van der Waals surface area contributed by atoms with Gasteiger partial charge in [-0.15, -0.1) is 0 Å². The van der Waals surface area contributed by atoms with E-state index in [1.54, 1.807) is 18.2 Å². The van der Waals surface area contributed by atoms with Gasteiger partial charge in [0.15, 0.2) is 0 Å². The van der Waals surface area contributed by atoms with E-state index in [-0.39, 0.29) is 0 Å². The van der Waals surface area contributed by atoms with Crippen LogP contribution in [0.3, 0.4) is 0 Å². The lowest BCUT2D eigenvalue weighted by atomic mass is 9.91. The van der Waals surface area contributed by atoms with E-state index in [2.05, 4.69) is 23.8 Å². The first-order chi connectivity index (χ1) is 12.9. The van der Waals surface area contributed by atoms with Crippen LogP contribution in [0.1, 0.15) is 36.8 Å². The summed E-state index contributed by atoms with van der Waals surface area (Å²) in [6.07, 6.45) is 2.22. The standard InChI is InChI=1S/C22H28N2O2S/c1-4-24-13-11-19-20-15-18(9-10-21(20)23(3)22(19)12-14-24)27(25,26)17-7-5-16(2)6-8-17/h5-10,15,19,22H,4,11-14H2,1-3H3/t19-,22?/m1/s1. The Hall–Kier alpha value is -1.85. The summed E-state index contributed by atoms with van der Waals surface area (Å²) in [6.45, 7) is 7.46. The number of likely N-dealkylation sites (N-methyl/N-ethyl adjacent to an activating group) is 1. The van der Waals surface area contributed by atoms with Crippen molar-refractivity contribution in [2.24, 2.45) is 0 Å². The van der Waals surface area contributed by atoms with Gasteiger partial charge in [0, 0.05) is 31.2 Å². The van der Waals surface area contributed by atoms with Gasteiger partial charge >= 0.3 is 0 Å². The Bertz CT molecular complexity index is 937. The van der Waals surface area contributed by atoms with Gasteiger partial charge in [-0.05, 0) is 68.8 Å². The third kappa shape index (κ3) is 3.17. The summed E-state index contributed by atoms with van der Waals surface area (Å²) >= 11 is 0. The fourth-order valence-corrected chi connectivity index (χ4v) is 5.93. The predicted molar refractivity (Wildman–Crippen MR) is 109 cm³/mol. The third-order valence-corrected chi connectivity index (χ3v) is 8.09. The minimum Gasteiger partial charge on any atom is -0.371 e. The molecular weight excluding hydrogens is 356 g/mol. The Labute approximate surface area is 162 Å². The van der Waals surface area contributed by atoms with E-state index in [9.17, 15) is 8.42 Å². The van der Waals surface area contributed by atoms with Gasteiger partial charge in [-0.2, -0.15) is 0 Å². The smallest absolute Gasteiger partial charge is 0.206 e. The molecule has 1 unspecified atom stereocenters. The first kappa shape index (κ1) is 18.5. The molecule has 0 amide bonds. The lowest BCUT2D eigenvalue weighted by Crippen LogP contribution is -2.31. The first-order valence-corrected chi connectivity index (χ1v) is 11.3. The van der Waals surface area contributed by atoms with Crippen molar-refractivity contribution < 1.29 is 8.42 Å². The molecule has 2 heterocycles. The monoisotopic (exact) mass is 384 g/mol. The maximum atomic E-state index is 13.1. The van der Waals surface area contributed by atoms with Crippen LogP contribution in [0.4, 0.5) is 5.69 Å². The lowest BCUT2D eigenvalue weighted by molar-refractivity contribution is 0.298. The topological polar surface area (TPSA) is 40.6 Å². The number of hydrogen-bond acceptors (Lipinski definition) is 4. The largest absolute Gasteiger partial charge is 0.371 e. The highest BCUT2D eigenvalue weighted by molar-refractivity contribution is 7.91. The molecule has 2 aromatic rings. The molecule has 1 saturated heterocycles. The van der Waals surface area contributed by atoms with Gasteiger partial charge in [-0.25, -0.2) is 8.42 Å². The van der Waals surface area contributed by atoms with Gasteiger partial charge in [0.05, 0.1) is 9.79 Å². The molecule has 2 aliphatic rings. The summed E-state index contributed by atoms with van der Waals surface area (Å²) in [6, 6.07) is 13.3. The molecule has 0 aliphatic carbocycles. The summed E-state index contributed by atoms with van der Waals surface area (Å²) in [5, 5.41) is 0. The molecule has 0 spiro atoms. The van der Waals surface area contributed by atoms with Crippen molar-refractivity contribution >= 4 is 15.5 Å². The van der Waals surface area contributed by atoms with Crippen LogP contribution in [0.5, 0.6) is 0 Å². The highest BCUT2D eigenvalue weighted by Gasteiger charge is 2.38. The molecule has 144 valence electrons. The molecule has 0 bridgehead atoms. The lowest BCUT2D eigenvalue weighted by Gasteiger charge is -2.25. The van der Waals surface area contributed by atoms with Gasteiger partial charge in [-0.3, -0.25) is 0 Å². The Morgan fingerprint density at radius 3 is 2.37 bits per heavy atom. The summed E-state index contributed by atoms with van der Waals surface area (Å²) in [5.41, 5.74) is 3.46. The fraction of sp³-hybridized carbons (Fsp3) is 0.455. The van der Waals surface area contributed by atoms with Crippen LogP contribution in [0.25, 0.3) is 0 Å². The minimum atomic E-state index is -3.49. The number of benzene rings is 2. The summed E-state index contributed by atoms with van der Waals surface area (Å²) in [5.74, 6) is 0.412. The van der Waals surface area contributed by atoms with Crippen molar-refractivity contribution in [1.82, 2.24) is 4.90 Å². The van der Waals surface area contributed by atoms with Gasteiger partial charge in [-0.1, -0.05) is 24.6 Å². The summed E-state index contributed by atoms with van der Waals surface area (Å²) in [4.78, 5) is 5.64. The zero-order valence-corrected chi connectivity index (χ0v) is 17.2. The molecule has 2 aromatic carbocycles. The van der Waals surface area contributed by atoms with Crippen molar-refractivity contribution in [3.8, 4) is 0 Å². The summed E-state index contributed by atoms with van der Waals surface area (Å²) in [7, 11) is -1.33. The molecule has 4 nitrogen and oxygen atoms in total. The Morgan fingerprint density at radius 2 is 1.67 bits per heavy atom. The van der Waals surface area contributed by atoms with Crippen LogP contribution in [-0.4, -0.2) is 46.0 Å². The van der Waals surface area contributed by atoms with E-state index >= 15 is 0 Å². The van der Waals surface area contributed by atoms with E-state index < -0.39 is 9.84 Å². The Morgan fingerprint density at radius 1 is 1.00 bits per heavy atom. The zero-order chi connectivity index (χ0) is 19.2. The number of nitrogens with zero attached hydrogens (tertiary/aromatic N) is 2. The minimum absolute atomic E-state index is 0.369. The number of anilines is 1. The van der Waals surface area contributed by atoms with Gasteiger partial charge in [0.1, 0.15) is 0 Å². The van der Waals surface area contributed by atoms with Crippen molar-refractivity contribution in [1.29, 1.82) is 0 Å². The molecule has 0 N–H and O–H groups in total. The molecule has 5 heteroatoms. The van der Waals surface area contributed by atoms with Gasteiger partial charge < -0.3 is 9.80 Å². The molecule has 2 atom stereocenters. The second-order valence-electron chi connectivity index (χ2n) is 7.83. The third-order valence-electron chi connectivity index (χ3n) is 6.33. The summed E-state index contributed by atoms with van der Waals surface area (Å²) < 4.78 is 26.3. The number of rotatable bonds is 3. The van der Waals surface area contributed by atoms with Crippen molar-refractivity contribution in [3.63, 3.8) is 0 Å². The van der Waals surface area contributed by atoms with Crippen LogP contribution >= 0.6 is 0 Å². The maximum absolute atomic E-state index is 13.1. The second-order valence-corrected chi connectivity index (χ2v) is 9.78.